The second-order valence-corrected chi connectivity index (χ2v) is 6.47. The molecule has 0 saturated carbocycles. The summed E-state index contributed by atoms with van der Waals surface area (Å²) in [5, 5.41) is 34.6. The Balaban J connectivity index is 0. The summed E-state index contributed by atoms with van der Waals surface area (Å²) in [5.41, 5.74) is 15.4. The van der Waals surface area contributed by atoms with Crippen molar-refractivity contribution in [2.24, 2.45) is 17.2 Å². The van der Waals surface area contributed by atoms with Gasteiger partial charge in [0.25, 0.3) is 0 Å². The van der Waals surface area contributed by atoms with Gasteiger partial charge in [-0.25, -0.2) is 0 Å². The number of carbonyl (C=O) groups is 2. The highest BCUT2D eigenvalue weighted by atomic mass is 32.2. The van der Waals surface area contributed by atoms with Crippen molar-refractivity contribution in [1.29, 1.82) is 5.41 Å². The van der Waals surface area contributed by atoms with Crippen molar-refractivity contribution >= 4 is 29.7 Å². The number of guanidine groups is 1. The highest BCUT2D eigenvalue weighted by Gasteiger charge is 2.10. The van der Waals surface area contributed by atoms with Crippen LogP contribution >= 0.6 is 11.8 Å². The van der Waals surface area contributed by atoms with E-state index in [0.29, 0.717) is 31.6 Å². The molecule has 0 bridgehead atoms. The zero-order valence-corrected chi connectivity index (χ0v) is 16.7. The average molecular weight is 418 g/mol. The lowest BCUT2D eigenvalue weighted by atomic mass is 10.2. The van der Waals surface area contributed by atoms with E-state index in [0.717, 1.165) is 5.75 Å². The van der Waals surface area contributed by atoms with E-state index in [1.165, 1.54) is 0 Å². The molecule has 0 fully saturated rings. The Kier molecular flexibility index (Phi) is 17.7. The summed E-state index contributed by atoms with van der Waals surface area (Å²) in [4.78, 5) is 20.3. The molecule has 0 aliphatic rings. The molecule has 0 aromatic heterocycles. The van der Waals surface area contributed by atoms with Crippen molar-refractivity contribution in [2.45, 2.75) is 31.3 Å². The smallest absolute Gasteiger partial charge is 0.320 e. The number of para-hydroxylation sites is 1. The van der Waals surface area contributed by atoms with Crippen molar-refractivity contribution in [1.82, 2.24) is 5.32 Å². The summed E-state index contributed by atoms with van der Waals surface area (Å²) in [6.45, 7) is 0.482. The number of thioether (sulfide) groups is 1. The van der Waals surface area contributed by atoms with Gasteiger partial charge < -0.3 is 37.8 Å². The van der Waals surface area contributed by atoms with E-state index in [1.807, 2.05) is 12.3 Å². The van der Waals surface area contributed by atoms with Crippen LogP contribution in [-0.4, -0.2) is 63.9 Å². The molecule has 0 spiro atoms. The minimum atomic E-state index is -1.00. The molecule has 28 heavy (non-hydrogen) atoms. The predicted molar refractivity (Wildman–Crippen MR) is 111 cm³/mol. The number of hydrogen-bond acceptors (Lipinski definition) is 7. The van der Waals surface area contributed by atoms with Crippen LogP contribution in [0.15, 0.2) is 30.3 Å². The summed E-state index contributed by atoms with van der Waals surface area (Å²) in [7, 11) is 0. The van der Waals surface area contributed by atoms with Gasteiger partial charge >= 0.3 is 11.9 Å². The maximum Gasteiger partial charge on any atom is 0.320 e. The lowest BCUT2D eigenvalue weighted by molar-refractivity contribution is -0.139. The normalized spacial score (nSPS) is 11.5. The zero-order valence-electron chi connectivity index (χ0n) is 15.9. The number of nitrogens with one attached hydrogen (secondary N) is 2. The van der Waals surface area contributed by atoms with Crippen LogP contribution in [-0.2, 0) is 9.59 Å². The number of nitrogens with two attached hydrogens (primary N) is 3. The second-order valence-electron chi connectivity index (χ2n) is 5.49. The molecule has 10 nitrogen and oxygen atoms in total. The highest BCUT2D eigenvalue weighted by Crippen LogP contribution is 2.02. The number of phenols is 1. The number of carboxylic acid groups (broad SMARTS) is 2. The number of phenolic OH excluding ortho intramolecular Hbond substituents is 1. The van der Waals surface area contributed by atoms with E-state index >= 15 is 0 Å². The Morgan fingerprint density at radius 2 is 1.61 bits per heavy atom. The number of rotatable bonds is 9. The van der Waals surface area contributed by atoms with Crippen LogP contribution in [0.2, 0.25) is 0 Å². The minimum Gasteiger partial charge on any atom is -0.508 e. The van der Waals surface area contributed by atoms with Crippen molar-refractivity contribution in [2.75, 3.05) is 18.6 Å². The van der Waals surface area contributed by atoms with Gasteiger partial charge in [0.2, 0.25) is 0 Å². The Morgan fingerprint density at radius 1 is 1.11 bits per heavy atom. The summed E-state index contributed by atoms with van der Waals surface area (Å²) in [6.07, 6.45) is 3.45. The molecule has 11 N–H and O–H groups in total. The Hall–Kier alpha value is -2.50. The number of benzene rings is 1. The Morgan fingerprint density at radius 3 is 1.96 bits per heavy atom. The zero-order chi connectivity index (χ0) is 21.9. The van der Waals surface area contributed by atoms with E-state index in [2.05, 4.69) is 5.32 Å². The van der Waals surface area contributed by atoms with Gasteiger partial charge in [-0.05, 0) is 43.4 Å². The maximum absolute atomic E-state index is 10.2. The molecule has 0 amide bonds. The molecule has 1 rings (SSSR count). The summed E-state index contributed by atoms with van der Waals surface area (Å²) < 4.78 is 0. The predicted octanol–water partition coefficient (Wildman–Crippen LogP) is 0.205. The van der Waals surface area contributed by atoms with Gasteiger partial charge in [-0.15, -0.1) is 0 Å². The van der Waals surface area contributed by atoms with Gasteiger partial charge in [-0.2, -0.15) is 11.8 Å². The van der Waals surface area contributed by atoms with Crippen molar-refractivity contribution in [3.8, 4) is 5.75 Å². The second kappa shape index (κ2) is 17.9. The van der Waals surface area contributed by atoms with Crippen LogP contribution in [0.3, 0.4) is 0 Å². The monoisotopic (exact) mass is 417 g/mol. The first-order chi connectivity index (χ1) is 13.1. The third-order valence-electron chi connectivity index (χ3n) is 3.03. The van der Waals surface area contributed by atoms with Gasteiger partial charge in [0, 0.05) is 6.54 Å². The van der Waals surface area contributed by atoms with Crippen LogP contribution in [0.5, 0.6) is 5.75 Å². The number of aromatic hydroxyl groups is 1. The lowest BCUT2D eigenvalue weighted by Crippen LogP contribution is -2.34. The number of aliphatic carboxylic acids is 2. The molecule has 0 heterocycles. The van der Waals surface area contributed by atoms with Gasteiger partial charge in [0.1, 0.15) is 17.8 Å². The Labute approximate surface area is 169 Å². The molecule has 0 saturated heterocycles. The van der Waals surface area contributed by atoms with Crippen LogP contribution in [0, 0.1) is 5.41 Å². The fraction of sp³-hybridized carbons (Fsp3) is 0.471. The molecule has 1 unspecified atom stereocenters. The summed E-state index contributed by atoms with van der Waals surface area (Å²) >= 11 is 1.60. The molecular weight excluding hydrogens is 386 g/mol. The van der Waals surface area contributed by atoms with E-state index in [9.17, 15) is 9.59 Å². The molecule has 0 radical (unpaired) electrons. The summed E-state index contributed by atoms with van der Waals surface area (Å²) in [5.74, 6) is -0.892. The lowest BCUT2D eigenvalue weighted by Gasteiger charge is -2.06. The molecule has 1 aromatic carbocycles. The number of carboxylic acids is 2. The molecule has 0 aliphatic carbocycles. The van der Waals surface area contributed by atoms with Crippen molar-refractivity contribution in [3.63, 3.8) is 0 Å². The van der Waals surface area contributed by atoms with Gasteiger partial charge in [0.15, 0.2) is 5.96 Å². The SMILES string of the molecule is CSCCC(N)C(=O)O.N=C(N)NCCC[C@H](N)C(=O)O.Oc1ccccc1. The molecular formula is C17H31N5O5S. The first-order valence-corrected chi connectivity index (χ1v) is 9.78. The Bertz CT molecular complexity index is 562. The van der Waals surface area contributed by atoms with Gasteiger partial charge in [0.05, 0.1) is 0 Å². The maximum atomic E-state index is 10.2. The first-order valence-electron chi connectivity index (χ1n) is 8.39. The molecule has 2 atom stereocenters. The van der Waals surface area contributed by atoms with Crippen LogP contribution in [0.4, 0.5) is 0 Å². The van der Waals surface area contributed by atoms with E-state index in [-0.39, 0.29) is 5.96 Å². The molecule has 11 heteroatoms. The largest absolute Gasteiger partial charge is 0.508 e. The van der Waals surface area contributed by atoms with E-state index in [1.54, 1.807) is 36.0 Å². The fourth-order valence-corrected chi connectivity index (χ4v) is 1.95. The van der Waals surface area contributed by atoms with Crippen LogP contribution in [0.25, 0.3) is 0 Å². The van der Waals surface area contributed by atoms with E-state index in [4.69, 9.17) is 37.9 Å². The average Bonchev–Trinajstić information content (AvgIpc) is 2.64. The molecule has 0 aliphatic heterocycles. The molecule has 160 valence electrons. The topological polar surface area (TPSA) is 209 Å². The van der Waals surface area contributed by atoms with Gasteiger partial charge in [-0.3, -0.25) is 15.0 Å². The van der Waals surface area contributed by atoms with Crippen LogP contribution < -0.4 is 22.5 Å². The van der Waals surface area contributed by atoms with Crippen molar-refractivity contribution in [3.05, 3.63) is 30.3 Å². The third-order valence-corrected chi connectivity index (χ3v) is 3.67. The fourth-order valence-electron chi connectivity index (χ4n) is 1.46. The minimum absolute atomic E-state index is 0.112. The van der Waals surface area contributed by atoms with E-state index < -0.39 is 24.0 Å². The quantitative estimate of drug-likeness (QED) is 0.155. The third kappa shape index (κ3) is 19.8. The first kappa shape index (κ1) is 27.7. The highest BCUT2D eigenvalue weighted by molar-refractivity contribution is 7.98. The number of hydrogen-bond donors (Lipinski definition) is 8. The van der Waals surface area contributed by atoms with Crippen LogP contribution in [0.1, 0.15) is 19.3 Å². The summed E-state index contributed by atoms with van der Waals surface area (Å²) in [6, 6.07) is 7.21. The van der Waals surface area contributed by atoms with Crippen molar-refractivity contribution < 1.29 is 24.9 Å². The van der Waals surface area contributed by atoms with Gasteiger partial charge in [-0.1, -0.05) is 18.2 Å². The standard InChI is InChI=1S/C6H14N4O2.C6H6O.C5H11NO2S/c7-4(5(11)12)2-1-3-10-6(8)9;7-6-4-2-1-3-5-6;1-9-3-2-4(6)5(7)8/h4H,1-3,7H2,(H,11,12)(H4,8,9,10);1-5,7H;4H,2-3,6H2,1H3,(H,7,8)/t4-;;/m0../s1. The molecule has 1 aromatic rings.